The Morgan fingerprint density at radius 1 is 1.22 bits per heavy atom. The van der Waals surface area contributed by atoms with Crippen molar-refractivity contribution in [3.8, 4) is 0 Å². The van der Waals surface area contributed by atoms with Gasteiger partial charge >= 0.3 is 0 Å². The summed E-state index contributed by atoms with van der Waals surface area (Å²) in [7, 11) is 0. The Bertz CT molecular complexity index is 535. The maximum Gasteiger partial charge on any atom is 0.0453 e. The SMILES string of the molecule is Cc1cnccc1C(N)Cc1c(Cl)cccc1Cl. The highest BCUT2D eigenvalue weighted by molar-refractivity contribution is 6.36. The predicted molar refractivity (Wildman–Crippen MR) is 76.1 cm³/mol. The molecule has 1 atom stereocenters. The number of hydrogen-bond acceptors (Lipinski definition) is 2. The van der Waals surface area contributed by atoms with Crippen molar-refractivity contribution in [2.24, 2.45) is 5.73 Å². The molecule has 2 aromatic rings. The number of aryl methyl sites for hydroxylation is 1. The highest BCUT2D eigenvalue weighted by Crippen LogP contribution is 2.29. The summed E-state index contributed by atoms with van der Waals surface area (Å²) in [6.45, 7) is 2.00. The van der Waals surface area contributed by atoms with E-state index < -0.39 is 0 Å². The Hall–Kier alpha value is -1.09. The van der Waals surface area contributed by atoms with Crippen LogP contribution in [0.1, 0.15) is 22.7 Å². The van der Waals surface area contributed by atoms with Crippen molar-refractivity contribution in [3.63, 3.8) is 0 Å². The summed E-state index contributed by atoms with van der Waals surface area (Å²) in [5.74, 6) is 0. The van der Waals surface area contributed by atoms with Crippen LogP contribution in [0.4, 0.5) is 0 Å². The molecular formula is C14H14Cl2N2. The molecule has 2 N–H and O–H groups in total. The minimum atomic E-state index is -0.134. The average Bonchev–Trinajstić information content (AvgIpc) is 2.34. The zero-order valence-corrected chi connectivity index (χ0v) is 11.5. The number of hydrogen-bond donors (Lipinski definition) is 1. The van der Waals surface area contributed by atoms with Crippen molar-refractivity contribution < 1.29 is 0 Å². The molecule has 18 heavy (non-hydrogen) atoms. The maximum atomic E-state index is 6.22. The van der Waals surface area contributed by atoms with Crippen LogP contribution in [-0.4, -0.2) is 4.98 Å². The topological polar surface area (TPSA) is 38.9 Å². The average molecular weight is 281 g/mol. The van der Waals surface area contributed by atoms with Crippen LogP contribution in [0.15, 0.2) is 36.7 Å². The summed E-state index contributed by atoms with van der Waals surface area (Å²) >= 11 is 12.3. The Morgan fingerprint density at radius 2 is 1.89 bits per heavy atom. The second-order valence-electron chi connectivity index (χ2n) is 4.24. The molecule has 0 saturated carbocycles. The third kappa shape index (κ3) is 2.83. The molecular weight excluding hydrogens is 267 g/mol. The quantitative estimate of drug-likeness (QED) is 0.925. The molecule has 1 unspecified atom stereocenters. The molecule has 0 spiro atoms. The molecule has 0 bridgehead atoms. The fraction of sp³-hybridized carbons (Fsp3) is 0.214. The van der Waals surface area contributed by atoms with Crippen LogP contribution in [0.25, 0.3) is 0 Å². The summed E-state index contributed by atoms with van der Waals surface area (Å²) in [6.07, 6.45) is 4.17. The number of halogens is 2. The third-order valence-corrected chi connectivity index (χ3v) is 3.66. The van der Waals surface area contributed by atoms with Gasteiger partial charge in [-0.15, -0.1) is 0 Å². The van der Waals surface area contributed by atoms with E-state index in [-0.39, 0.29) is 6.04 Å². The molecule has 2 nitrogen and oxygen atoms in total. The molecule has 0 aliphatic rings. The number of pyridine rings is 1. The number of aromatic nitrogens is 1. The van der Waals surface area contributed by atoms with Crippen molar-refractivity contribution in [2.45, 2.75) is 19.4 Å². The summed E-state index contributed by atoms with van der Waals surface area (Å²) in [5.41, 5.74) is 9.26. The van der Waals surface area contributed by atoms with Gasteiger partial charge in [0.05, 0.1) is 0 Å². The van der Waals surface area contributed by atoms with Gasteiger partial charge in [-0.1, -0.05) is 29.3 Å². The number of nitrogens with two attached hydrogens (primary N) is 1. The largest absolute Gasteiger partial charge is 0.324 e. The fourth-order valence-corrected chi connectivity index (χ4v) is 2.51. The van der Waals surface area contributed by atoms with Crippen LogP contribution in [0, 0.1) is 6.92 Å². The van der Waals surface area contributed by atoms with Gasteiger partial charge in [0.1, 0.15) is 0 Å². The van der Waals surface area contributed by atoms with E-state index in [9.17, 15) is 0 Å². The lowest BCUT2D eigenvalue weighted by atomic mass is 9.97. The van der Waals surface area contributed by atoms with Crippen molar-refractivity contribution in [2.75, 3.05) is 0 Å². The van der Waals surface area contributed by atoms with E-state index in [4.69, 9.17) is 28.9 Å². The molecule has 0 saturated heterocycles. The number of benzene rings is 1. The Balaban J connectivity index is 2.27. The number of nitrogens with zero attached hydrogens (tertiary/aromatic N) is 1. The van der Waals surface area contributed by atoms with Gasteiger partial charge in [-0.2, -0.15) is 0 Å². The van der Waals surface area contributed by atoms with E-state index in [0.717, 1.165) is 16.7 Å². The predicted octanol–water partition coefficient (Wildman–Crippen LogP) is 3.94. The highest BCUT2D eigenvalue weighted by Gasteiger charge is 2.13. The Labute approximate surface area is 117 Å². The van der Waals surface area contributed by atoms with E-state index in [1.54, 1.807) is 6.20 Å². The molecule has 1 aromatic carbocycles. The van der Waals surface area contributed by atoms with Gasteiger partial charge in [0.25, 0.3) is 0 Å². The molecule has 4 heteroatoms. The molecule has 1 aromatic heterocycles. The minimum Gasteiger partial charge on any atom is -0.324 e. The second kappa shape index (κ2) is 5.70. The molecule has 0 amide bonds. The zero-order chi connectivity index (χ0) is 13.1. The molecule has 0 aliphatic heterocycles. The molecule has 0 fully saturated rings. The third-order valence-electron chi connectivity index (χ3n) is 2.95. The van der Waals surface area contributed by atoms with Crippen LogP contribution < -0.4 is 5.73 Å². The number of rotatable bonds is 3. The van der Waals surface area contributed by atoms with Crippen LogP contribution in [0.5, 0.6) is 0 Å². The molecule has 0 radical (unpaired) electrons. The summed E-state index contributed by atoms with van der Waals surface area (Å²) < 4.78 is 0. The smallest absolute Gasteiger partial charge is 0.0453 e. The van der Waals surface area contributed by atoms with E-state index in [2.05, 4.69) is 4.98 Å². The highest BCUT2D eigenvalue weighted by atomic mass is 35.5. The first-order valence-corrected chi connectivity index (χ1v) is 6.44. The lowest BCUT2D eigenvalue weighted by molar-refractivity contribution is 0.715. The van der Waals surface area contributed by atoms with Gasteiger partial charge in [0, 0.05) is 28.5 Å². The standard InChI is InChI=1S/C14H14Cl2N2/c1-9-8-18-6-5-10(9)14(17)7-11-12(15)3-2-4-13(11)16/h2-6,8,14H,7,17H2,1H3. The second-order valence-corrected chi connectivity index (χ2v) is 5.06. The summed E-state index contributed by atoms with van der Waals surface area (Å²) in [5, 5.41) is 1.31. The molecule has 1 heterocycles. The first kappa shape index (κ1) is 13.3. The molecule has 2 rings (SSSR count). The van der Waals surface area contributed by atoms with E-state index in [1.807, 2.05) is 37.4 Å². The monoisotopic (exact) mass is 280 g/mol. The van der Waals surface area contributed by atoms with Gasteiger partial charge < -0.3 is 5.73 Å². The van der Waals surface area contributed by atoms with E-state index in [0.29, 0.717) is 16.5 Å². The van der Waals surface area contributed by atoms with Gasteiger partial charge in [0.2, 0.25) is 0 Å². The van der Waals surface area contributed by atoms with Crippen molar-refractivity contribution in [3.05, 3.63) is 63.4 Å². The van der Waals surface area contributed by atoms with Crippen LogP contribution in [-0.2, 0) is 6.42 Å². The van der Waals surface area contributed by atoms with Gasteiger partial charge in [0.15, 0.2) is 0 Å². The first-order valence-electron chi connectivity index (χ1n) is 5.68. The maximum absolute atomic E-state index is 6.22. The van der Waals surface area contributed by atoms with Crippen LogP contribution in [0.3, 0.4) is 0 Å². The Morgan fingerprint density at radius 3 is 2.50 bits per heavy atom. The van der Waals surface area contributed by atoms with Crippen LogP contribution >= 0.6 is 23.2 Å². The zero-order valence-electron chi connectivity index (χ0n) is 10.0. The Kier molecular flexibility index (Phi) is 4.23. The van der Waals surface area contributed by atoms with Gasteiger partial charge in [-0.3, -0.25) is 4.98 Å². The van der Waals surface area contributed by atoms with Gasteiger partial charge in [-0.05, 0) is 48.2 Å². The van der Waals surface area contributed by atoms with Crippen molar-refractivity contribution >= 4 is 23.2 Å². The van der Waals surface area contributed by atoms with Gasteiger partial charge in [-0.25, -0.2) is 0 Å². The van der Waals surface area contributed by atoms with E-state index >= 15 is 0 Å². The molecule has 0 aliphatic carbocycles. The van der Waals surface area contributed by atoms with E-state index in [1.165, 1.54) is 0 Å². The fourth-order valence-electron chi connectivity index (χ4n) is 1.96. The summed E-state index contributed by atoms with van der Waals surface area (Å²) in [6, 6.07) is 7.29. The molecule has 94 valence electrons. The summed E-state index contributed by atoms with van der Waals surface area (Å²) in [4.78, 5) is 4.06. The lowest BCUT2D eigenvalue weighted by Crippen LogP contribution is -2.15. The van der Waals surface area contributed by atoms with Crippen LogP contribution in [0.2, 0.25) is 10.0 Å². The normalized spacial score (nSPS) is 12.4. The minimum absolute atomic E-state index is 0.134. The first-order chi connectivity index (χ1) is 8.59. The van der Waals surface area contributed by atoms with Crippen molar-refractivity contribution in [1.29, 1.82) is 0 Å². The van der Waals surface area contributed by atoms with Crippen molar-refractivity contribution in [1.82, 2.24) is 4.98 Å². The lowest BCUT2D eigenvalue weighted by Gasteiger charge is -2.16.